The van der Waals surface area contributed by atoms with E-state index in [9.17, 15) is 4.39 Å². The standard InChI is InChI=1S/C22H32FN5O.HI/c1-16(2)28(17(3)4)13-12-26-22(24-5)27-15-18-10-11-25-21(14-18)29-20-8-6-19(23)7-9-20;/h6-11,14,16-17H,12-13,15H2,1-5H3,(H2,24,26,27);1H. The van der Waals surface area contributed by atoms with E-state index < -0.39 is 0 Å². The average molecular weight is 529 g/mol. The fourth-order valence-corrected chi connectivity index (χ4v) is 3.06. The molecule has 8 heteroatoms. The molecular weight excluding hydrogens is 496 g/mol. The number of benzene rings is 1. The summed E-state index contributed by atoms with van der Waals surface area (Å²) in [6, 6.07) is 10.6. The lowest BCUT2D eigenvalue weighted by Crippen LogP contribution is -2.45. The maximum Gasteiger partial charge on any atom is 0.219 e. The molecule has 166 valence electrons. The van der Waals surface area contributed by atoms with E-state index in [-0.39, 0.29) is 29.8 Å². The van der Waals surface area contributed by atoms with Crippen LogP contribution >= 0.6 is 24.0 Å². The number of hydrogen-bond acceptors (Lipinski definition) is 4. The van der Waals surface area contributed by atoms with Gasteiger partial charge in [-0.25, -0.2) is 9.37 Å². The van der Waals surface area contributed by atoms with Gasteiger partial charge in [0, 0.05) is 51.0 Å². The Morgan fingerprint density at radius 3 is 2.37 bits per heavy atom. The van der Waals surface area contributed by atoms with E-state index in [4.69, 9.17) is 4.74 Å². The Balaban J connectivity index is 0.00000450. The molecule has 0 spiro atoms. The van der Waals surface area contributed by atoms with Gasteiger partial charge in [-0.1, -0.05) is 0 Å². The van der Waals surface area contributed by atoms with Gasteiger partial charge in [-0.05, 0) is 63.6 Å². The molecule has 2 N–H and O–H groups in total. The molecule has 2 aromatic rings. The minimum absolute atomic E-state index is 0. The number of nitrogens with one attached hydrogen (secondary N) is 2. The van der Waals surface area contributed by atoms with Gasteiger partial charge in [0.15, 0.2) is 5.96 Å². The lowest BCUT2D eigenvalue weighted by atomic mass is 10.2. The molecule has 0 saturated heterocycles. The summed E-state index contributed by atoms with van der Waals surface area (Å²) in [5.41, 5.74) is 1.01. The Hall–Kier alpha value is -1.94. The highest BCUT2D eigenvalue weighted by atomic mass is 127. The van der Waals surface area contributed by atoms with Crippen LogP contribution in [-0.4, -0.2) is 48.1 Å². The zero-order valence-electron chi connectivity index (χ0n) is 18.4. The third kappa shape index (κ3) is 8.83. The zero-order valence-corrected chi connectivity index (χ0v) is 20.7. The van der Waals surface area contributed by atoms with E-state index in [1.165, 1.54) is 12.1 Å². The van der Waals surface area contributed by atoms with E-state index in [1.54, 1.807) is 25.4 Å². The number of guanidine groups is 1. The van der Waals surface area contributed by atoms with E-state index in [0.29, 0.717) is 30.3 Å². The Morgan fingerprint density at radius 2 is 1.77 bits per heavy atom. The Labute approximate surface area is 196 Å². The van der Waals surface area contributed by atoms with Crippen molar-refractivity contribution in [1.82, 2.24) is 20.5 Å². The topological polar surface area (TPSA) is 61.8 Å². The minimum Gasteiger partial charge on any atom is -0.439 e. The lowest BCUT2D eigenvalue weighted by molar-refractivity contribution is 0.178. The van der Waals surface area contributed by atoms with Crippen molar-refractivity contribution < 1.29 is 9.13 Å². The summed E-state index contributed by atoms with van der Waals surface area (Å²) in [7, 11) is 1.76. The number of rotatable bonds is 9. The number of aromatic nitrogens is 1. The van der Waals surface area contributed by atoms with Crippen LogP contribution in [0.2, 0.25) is 0 Å². The SMILES string of the molecule is CN=C(NCCN(C(C)C)C(C)C)NCc1ccnc(Oc2ccc(F)cc2)c1.I. The van der Waals surface area contributed by atoms with Gasteiger partial charge in [-0.2, -0.15) is 0 Å². The van der Waals surface area contributed by atoms with Gasteiger partial charge >= 0.3 is 0 Å². The van der Waals surface area contributed by atoms with Gasteiger partial charge in [-0.15, -0.1) is 24.0 Å². The number of hydrogen-bond donors (Lipinski definition) is 2. The molecule has 0 aliphatic rings. The molecule has 0 aliphatic carbocycles. The number of pyridine rings is 1. The van der Waals surface area contributed by atoms with Gasteiger partial charge < -0.3 is 15.4 Å². The van der Waals surface area contributed by atoms with Crippen molar-refractivity contribution >= 4 is 29.9 Å². The highest BCUT2D eigenvalue weighted by molar-refractivity contribution is 14.0. The summed E-state index contributed by atoms with van der Waals surface area (Å²) in [5, 5.41) is 6.66. The first-order valence-electron chi connectivity index (χ1n) is 9.97. The molecule has 1 heterocycles. The second-order valence-electron chi connectivity index (χ2n) is 7.34. The first-order chi connectivity index (χ1) is 13.9. The lowest BCUT2D eigenvalue weighted by Gasteiger charge is -2.30. The Morgan fingerprint density at radius 1 is 1.10 bits per heavy atom. The quantitative estimate of drug-likeness (QED) is 0.286. The van der Waals surface area contributed by atoms with Crippen LogP contribution in [0.4, 0.5) is 4.39 Å². The molecule has 0 saturated carbocycles. The number of nitrogens with zero attached hydrogens (tertiary/aromatic N) is 3. The molecule has 2 rings (SSSR count). The summed E-state index contributed by atoms with van der Waals surface area (Å²) in [5.74, 6) is 1.45. The van der Waals surface area contributed by atoms with Gasteiger partial charge in [-0.3, -0.25) is 9.89 Å². The van der Waals surface area contributed by atoms with Crippen LogP contribution in [0.5, 0.6) is 11.6 Å². The van der Waals surface area contributed by atoms with Gasteiger partial charge in [0.1, 0.15) is 11.6 Å². The van der Waals surface area contributed by atoms with E-state index in [1.807, 2.05) is 12.1 Å². The van der Waals surface area contributed by atoms with Crippen LogP contribution in [0.1, 0.15) is 33.3 Å². The molecule has 30 heavy (non-hydrogen) atoms. The normalized spacial score (nSPS) is 11.6. The van der Waals surface area contributed by atoms with Crippen molar-refractivity contribution in [2.75, 3.05) is 20.1 Å². The predicted molar refractivity (Wildman–Crippen MR) is 131 cm³/mol. The number of halogens is 2. The van der Waals surface area contributed by atoms with Crippen molar-refractivity contribution in [2.45, 2.75) is 46.3 Å². The molecule has 0 fully saturated rings. The summed E-state index contributed by atoms with van der Waals surface area (Å²) in [6.45, 7) is 11.2. The Kier molecular flexibility index (Phi) is 11.6. The second kappa shape index (κ2) is 13.4. The average Bonchev–Trinajstić information content (AvgIpc) is 2.69. The highest BCUT2D eigenvalue weighted by Gasteiger charge is 2.12. The van der Waals surface area contributed by atoms with Crippen LogP contribution in [0, 0.1) is 5.82 Å². The molecule has 0 bridgehead atoms. The minimum atomic E-state index is -0.299. The maximum absolute atomic E-state index is 13.0. The zero-order chi connectivity index (χ0) is 21.2. The molecule has 0 atom stereocenters. The molecule has 6 nitrogen and oxygen atoms in total. The smallest absolute Gasteiger partial charge is 0.219 e. The van der Waals surface area contributed by atoms with Gasteiger partial charge in [0.05, 0.1) is 0 Å². The highest BCUT2D eigenvalue weighted by Crippen LogP contribution is 2.20. The van der Waals surface area contributed by atoms with Crippen molar-refractivity contribution in [2.24, 2.45) is 4.99 Å². The molecule has 0 unspecified atom stereocenters. The van der Waals surface area contributed by atoms with Crippen LogP contribution in [-0.2, 0) is 6.54 Å². The summed E-state index contributed by atoms with van der Waals surface area (Å²) >= 11 is 0. The van der Waals surface area contributed by atoms with Crippen molar-refractivity contribution in [1.29, 1.82) is 0 Å². The molecule has 1 aromatic heterocycles. The fraction of sp³-hybridized carbons (Fsp3) is 0.455. The summed E-state index contributed by atoms with van der Waals surface area (Å²) in [6.07, 6.45) is 1.69. The largest absolute Gasteiger partial charge is 0.439 e. The van der Waals surface area contributed by atoms with Crippen LogP contribution in [0.15, 0.2) is 47.6 Å². The van der Waals surface area contributed by atoms with Crippen molar-refractivity contribution in [3.8, 4) is 11.6 Å². The second-order valence-corrected chi connectivity index (χ2v) is 7.34. The first kappa shape index (κ1) is 26.1. The van der Waals surface area contributed by atoms with Crippen molar-refractivity contribution in [3.63, 3.8) is 0 Å². The third-order valence-corrected chi connectivity index (χ3v) is 4.51. The van der Waals surface area contributed by atoms with Crippen molar-refractivity contribution in [3.05, 3.63) is 54.0 Å². The maximum atomic E-state index is 13.0. The monoisotopic (exact) mass is 529 g/mol. The third-order valence-electron chi connectivity index (χ3n) is 4.51. The fourth-order valence-electron chi connectivity index (χ4n) is 3.06. The van der Waals surface area contributed by atoms with Gasteiger partial charge in [0.2, 0.25) is 5.88 Å². The Bertz CT molecular complexity index is 775. The van der Waals surface area contributed by atoms with E-state index >= 15 is 0 Å². The molecular formula is C22H33FIN5O. The molecule has 1 aromatic carbocycles. The predicted octanol–water partition coefficient (Wildman–Crippen LogP) is 4.41. The van der Waals surface area contributed by atoms with E-state index in [0.717, 1.165) is 24.6 Å². The van der Waals surface area contributed by atoms with Gasteiger partial charge in [0.25, 0.3) is 0 Å². The number of ether oxygens (including phenoxy) is 1. The molecule has 0 amide bonds. The van der Waals surface area contributed by atoms with E-state index in [2.05, 4.69) is 53.2 Å². The summed E-state index contributed by atoms with van der Waals surface area (Å²) < 4.78 is 18.7. The molecule has 0 aliphatic heterocycles. The van der Waals surface area contributed by atoms with Crippen LogP contribution < -0.4 is 15.4 Å². The van der Waals surface area contributed by atoms with Crippen LogP contribution in [0.3, 0.4) is 0 Å². The molecule has 0 radical (unpaired) electrons. The summed E-state index contributed by atoms with van der Waals surface area (Å²) in [4.78, 5) is 10.9. The first-order valence-corrected chi connectivity index (χ1v) is 9.97. The number of aliphatic imine (C=N–C) groups is 1. The van der Waals surface area contributed by atoms with Crippen LogP contribution in [0.25, 0.3) is 0 Å².